The predicted octanol–water partition coefficient (Wildman–Crippen LogP) is 2.76. The van der Waals surface area contributed by atoms with Crippen molar-refractivity contribution in [3.63, 3.8) is 0 Å². The normalized spacial score (nSPS) is 12.4. The van der Waals surface area contributed by atoms with Crippen LogP contribution < -0.4 is 4.74 Å². The van der Waals surface area contributed by atoms with Crippen LogP contribution in [0.5, 0.6) is 5.75 Å². The molecule has 0 bridgehead atoms. The third-order valence-electron chi connectivity index (χ3n) is 3.24. The minimum atomic E-state index is -0.749. The van der Waals surface area contributed by atoms with E-state index >= 15 is 0 Å². The zero-order chi connectivity index (χ0) is 15.8. The molecule has 0 aliphatic heterocycles. The first-order chi connectivity index (χ1) is 9.99. The fraction of sp³-hybridized carbons (Fsp3) is 0.600. The van der Waals surface area contributed by atoms with E-state index in [1.807, 2.05) is 11.9 Å². The minimum Gasteiger partial charge on any atom is -0.487 e. The highest BCUT2D eigenvalue weighted by molar-refractivity contribution is 5.49. The summed E-state index contributed by atoms with van der Waals surface area (Å²) in [7, 11) is 1.93. The van der Waals surface area contributed by atoms with Gasteiger partial charge in [-0.25, -0.2) is 0 Å². The van der Waals surface area contributed by atoms with Crippen LogP contribution in [0, 0.1) is 10.1 Å². The maximum Gasteiger partial charge on any atom is 0.311 e. The number of nitro benzene ring substituents is 1. The van der Waals surface area contributed by atoms with Crippen LogP contribution in [0.1, 0.15) is 38.4 Å². The summed E-state index contributed by atoms with van der Waals surface area (Å²) in [6, 6.07) is 4.62. The quantitative estimate of drug-likeness (QED) is 0.560. The van der Waals surface area contributed by atoms with Crippen molar-refractivity contribution in [2.75, 3.05) is 26.7 Å². The van der Waals surface area contributed by atoms with Gasteiger partial charge in [0.25, 0.3) is 0 Å². The molecule has 0 amide bonds. The zero-order valence-electron chi connectivity index (χ0n) is 12.9. The van der Waals surface area contributed by atoms with Gasteiger partial charge in [-0.3, -0.25) is 10.1 Å². The lowest BCUT2D eigenvalue weighted by molar-refractivity contribution is -0.386. The third kappa shape index (κ3) is 5.32. The van der Waals surface area contributed by atoms with E-state index in [1.165, 1.54) is 6.07 Å². The van der Waals surface area contributed by atoms with E-state index in [-0.39, 0.29) is 11.4 Å². The number of likely N-dealkylation sites (N-methyl/N-ethyl adjacent to an activating group) is 1. The number of nitro groups is 1. The maximum atomic E-state index is 11.1. The number of unbranched alkanes of at least 4 members (excludes halogenated alkanes) is 1. The van der Waals surface area contributed by atoms with Crippen molar-refractivity contribution in [2.24, 2.45) is 0 Å². The average Bonchev–Trinajstić information content (AvgIpc) is 2.45. The van der Waals surface area contributed by atoms with Crippen LogP contribution in [0.25, 0.3) is 0 Å². The highest BCUT2D eigenvalue weighted by atomic mass is 16.6. The SMILES string of the molecule is CCCCN(C)CC(O)c1ccc(OCC)c([N+](=O)[O-])c1. The smallest absolute Gasteiger partial charge is 0.311 e. The van der Waals surface area contributed by atoms with Crippen molar-refractivity contribution in [1.82, 2.24) is 4.90 Å². The van der Waals surface area contributed by atoms with E-state index in [4.69, 9.17) is 4.74 Å². The molecule has 0 radical (unpaired) electrons. The standard InChI is InChI=1S/C15H24N2O4/c1-4-6-9-16(3)11-14(18)12-7-8-15(21-5-2)13(10-12)17(19)20/h7-8,10,14,18H,4-6,9,11H2,1-3H3. The monoisotopic (exact) mass is 296 g/mol. The van der Waals surface area contributed by atoms with E-state index in [0.717, 1.165) is 19.4 Å². The Labute approximate surface area is 125 Å². The van der Waals surface area contributed by atoms with Crippen LogP contribution in [0.15, 0.2) is 18.2 Å². The summed E-state index contributed by atoms with van der Waals surface area (Å²) < 4.78 is 5.23. The highest BCUT2D eigenvalue weighted by Crippen LogP contribution is 2.30. The van der Waals surface area contributed by atoms with Gasteiger partial charge in [0, 0.05) is 12.6 Å². The number of hydrogen-bond donors (Lipinski definition) is 1. The first-order valence-electron chi connectivity index (χ1n) is 7.27. The van der Waals surface area contributed by atoms with Gasteiger partial charge >= 0.3 is 5.69 Å². The molecule has 1 unspecified atom stereocenters. The number of nitrogens with zero attached hydrogens (tertiary/aromatic N) is 2. The van der Waals surface area contributed by atoms with Gasteiger partial charge in [-0.05, 0) is 38.6 Å². The van der Waals surface area contributed by atoms with E-state index < -0.39 is 11.0 Å². The molecule has 0 aliphatic carbocycles. The molecule has 6 nitrogen and oxygen atoms in total. The lowest BCUT2D eigenvalue weighted by atomic mass is 10.1. The highest BCUT2D eigenvalue weighted by Gasteiger charge is 2.19. The molecule has 1 atom stereocenters. The number of aliphatic hydroxyl groups excluding tert-OH is 1. The fourth-order valence-corrected chi connectivity index (χ4v) is 2.08. The number of rotatable bonds is 9. The Morgan fingerprint density at radius 2 is 2.14 bits per heavy atom. The van der Waals surface area contributed by atoms with Gasteiger partial charge in [0.2, 0.25) is 0 Å². The Morgan fingerprint density at radius 1 is 1.43 bits per heavy atom. The van der Waals surface area contributed by atoms with Crippen molar-refractivity contribution in [2.45, 2.75) is 32.8 Å². The molecule has 1 rings (SSSR count). The van der Waals surface area contributed by atoms with Gasteiger partial charge in [-0.15, -0.1) is 0 Å². The first-order valence-corrected chi connectivity index (χ1v) is 7.27. The van der Waals surface area contributed by atoms with E-state index in [9.17, 15) is 15.2 Å². The summed E-state index contributed by atoms with van der Waals surface area (Å²) in [5, 5.41) is 21.3. The van der Waals surface area contributed by atoms with Crippen molar-refractivity contribution in [3.05, 3.63) is 33.9 Å². The average molecular weight is 296 g/mol. The second kappa shape index (κ2) is 8.59. The van der Waals surface area contributed by atoms with Gasteiger partial charge in [-0.1, -0.05) is 19.4 Å². The summed E-state index contributed by atoms with van der Waals surface area (Å²) in [6.45, 7) is 5.59. The lowest BCUT2D eigenvalue weighted by Crippen LogP contribution is -2.25. The summed E-state index contributed by atoms with van der Waals surface area (Å²) in [5.41, 5.74) is 0.429. The third-order valence-corrected chi connectivity index (χ3v) is 3.24. The molecule has 0 saturated carbocycles. The number of ether oxygens (including phenoxy) is 1. The predicted molar refractivity (Wildman–Crippen MR) is 81.6 cm³/mol. The largest absolute Gasteiger partial charge is 0.487 e. The van der Waals surface area contributed by atoms with E-state index in [0.29, 0.717) is 18.7 Å². The number of benzene rings is 1. The van der Waals surface area contributed by atoms with Crippen LogP contribution in [-0.4, -0.2) is 41.7 Å². The summed E-state index contributed by atoms with van der Waals surface area (Å²) in [5.74, 6) is 0.234. The molecule has 0 fully saturated rings. The van der Waals surface area contributed by atoms with Gasteiger partial charge in [0.15, 0.2) is 5.75 Å². The van der Waals surface area contributed by atoms with Crippen molar-refractivity contribution >= 4 is 5.69 Å². The molecule has 21 heavy (non-hydrogen) atoms. The molecule has 1 aromatic carbocycles. The zero-order valence-corrected chi connectivity index (χ0v) is 12.9. The summed E-state index contributed by atoms with van der Waals surface area (Å²) in [6.07, 6.45) is 1.41. The molecule has 0 spiro atoms. The summed E-state index contributed by atoms with van der Waals surface area (Å²) >= 11 is 0. The fourth-order valence-electron chi connectivity index (χ4n) is 2.08. The molecule has 6 heteroatoms. The van der Waals surface area contributed by atoms with Crippen molar-refractivity contribution < 1.29 is 14.8 Å². The van der Waals surface area contributed by atoms with Crippen LogP contribution in [0.3, 0.4) is 0 Å². The first kappa shape index (κ1) is 17.4. The summed E-state index contributed by atoms with van der Waals surface area (Å²) in [4.78, 5) is 12.6. The minimum absolute atomic E-state index is 0.107. The van der Waals surface area contributed by atoms with Crippen LogP contribution in [0.4, 0.5) is 5.69 Å². The molecule has 0 heterocycles. The molecule has 0 aromatic heterocycles. The second-order valence-electron chi connectivity index (χ2n) is 5.05. The Hall–Kier alpha value is -1.66. The Kier molecular flexibility index (Phi) is 7.11. The topological polar surface area (TPSA) is 75.8 Å². The van der Waals surface area contributed by atoms with Crippen LogP contribution in [0.2, 0.25) is 0 Å². The maximum absolute atomic E-state index is 11.1. The molecule has 118 valence electrons. The van der Waals surface area contributed by atoms with E-state index in [1.54, 1.807) is 19.1 Å². The van der Waals surface area contributed by atoms with Crippen LogP contribution in [-0.2, 0) is 0 Å². The molecular weight excluding hydrogens is 272 g/mol. The Bertz CT molecular complexity index is 465. The molecule has 0 saturated heterocycles. The molecule has 0 aliphatic rings. The van der Waals surface area contributed by atoms with Gasteiger partial charge in [-0.2, -0.15) is 0 Å². The van der Waals surface area contributed by atoms with Gasteiger partial charge in [0.05, 0.1) is 17.6 Å². The van der Waals surface area contributed by atoms with Crippen LogP contribution >= 0.6 is 0 Å². The number of hydrogen-bond acceptors (Lipinski definition) is 5. The van der Waals surface area contributed by atoms with Crippen molar-refractivity contribution in [3.8, 4) is 5.75 Å². The van der Waals surface area contributed by atoms with Gasteiger partial charge in [0.1, 0.15) is 0 Å². The Morgan fingerprint density at radius 3 is 2.71 bits per heavy atom. The lowest BCUT2D eigenvalue weighted by Gasteiger charge is -2.20. The molecule has 1 aromatic rings. The van der Waals surface area contributed by atoms with Gasteiger partial charge < -0.3 is 14.7 Å². The second-order valence-corrected chi connectivity index (χ2v) is 5.05. The van der Waals surface area contributed by atoms with Crippen molar-refractivity contribution in [1.29, 1.82) is 0 Å². The Balaban J connectivity index is 2.82. The molecular formula is C15H24N2O4. The number of aliphatic hydroxyl groups is 1. The van der Waals surface area contributed by atoms with E-state index in [2.05, 4.69) is 6.92 Å². The molecule has 1 N–H and O–H groups in total.